The Bertz CT molecular complexity index is 424. The highest BCUT2D eigenvalue weighted by molar-refractivity contribution is 5.76. The van der Waals surface area contributed by atoms with Crippen molar-refractivity contribution in [1.29, 1.82) is 0 Å². The van der Waals surface area contributed by atoms with Crippen LogP contribution in [0.1, 0.15) is 40.0 Å². The number of piperidine rings is 1. The van der Waals surface area contributed by atoms with Crippen LogP contribution in [-0.4, -0.2) is 61.5 Å². The molecule has 0 aromatic carbocycles. The highest BCUT2D eigenvalue weighted by Gasteiger charge is 2.50. The summed E-state index contributed by atoms with van der Waals surface area (Å²) >= 11 is 0. The Morgan fingerprint density at radius 2 is 1.95 bits per heavy atom. The monoisotopic (exact) mass is 310 g/mol. The third-order valence-electron chi connectivity index (χ3n) is 5.30. The van der Waals surface area contributed by atoms with E-state index in [1.807, 2.05) is 9.80 Å². The lowest BCUT2D eigenvalue weighted by Crippen LogP contribution is -2.50. The van der Waals surface area contributed by atoms with Gasteiger partial charge in [-0.2, -0.15) is 0 Å². The number of rotatable bonds is 5. The van der Waals surface area contributed by atoms with Crippen LogP contribution in [0.2, 0.25) is 0 Å². The van der Waals surface area contributed by atoms with E-state index < -0.39 is 0 Å². The van der Waals surface area contributed by atoms with Crippen LogP contribution in [-0.2, 0) is 14.3 Å². The van der Waals surface area contributed by atoms with Crippen LogP contribution >= 0.6 is 0 Å². The van der Waals surface area contributed by atoms with Crippen molar-refractivity contribution in [1.82, 2.24) is 9.80 Å². The van der Waals surface area contributed by atoms with E-state index in [0.29, 0.717) is 24.9 Å². The molecule has 126 valence electrons. The maximum atomic E-state index is 12.4. The van der Waals surface area contributed by atoms with E-state index in [4.69, 9.17) is 4.74 Å². The Morgan fingerprint density at radius 1 is 1.27 bits per heavy atom. The molecule has 0 spiro atoms. The van der Waals surface area contributed by atoms with Gasteiger partial charge in [0.05, 0.1) is 6.61 Å². The summed E-state index contributed by atoms with van der Waals surface area (Å²) in [5.41, 5.74) is 0.0370. The number of likely N-dealkylation sites (tertiary alicyclic amines) is 2. The van der Waals surface area contributed by atoms with Crippen LogP contribution < -0.4 is 0 Å². The Morgan fingerprint density at radius 3 is 2.55 bits per heavy atom. The standard InChI is InChI=1S/C17H30N2O3/c1-13(2)5-6-16(21)18-8-7-17(12-22-4)11-19(14(3)20)10-15(17)9-18/h13,15H,5-12H2,1-4H3/t15-,17+/m1/s1. The highest BCUT2D eigenvalue weighted by Crippen LogP contribution is 2.43. The SMILES string of the molecule is COC[C@@]12CCN(C(=O)CCC(C)C)C[C@@H]1CN(C(C)=O)C2. The van der Waals surface area contributed by atoms with E-state index in [1.54, 1.807) is 14.0 Å². The summed E-state index contributed by atoms with van der Waals surface area (Å²) in [5, 5.41) is 0. The normalized spacial score (nSPS) is 28.1. The highest BCUT2D eigenvalue weighted by atomic mass is 16.5. The molecule has 2 atom stereocenters. The zero-order chi connectivity index (χ0) is 16.3. The summed E-state index contributed by atoms with van der Waals surface area (Å²) in [7, 11) is 1.72. The predicted octanol–water partition coefficient (Wildman–Crippen LogP) is 1.77. The van der Waals surface area contributed by atoms with Gasteiger partial charge < -0.3 is 14.5 Å². The number of fused-ring (bicyclic) bond motifs is 1. The Kier molecular flexibility index (Phi) is 5.48. The van der Waals surface area contributed by atoms with Gasteiger partial charge in [0.25, 0.3) is 0 Å². The van der Waals surface area contributed by atoms with Crippen molar-refractivity contribution in [3.8, 4) is 0 Å². The molecule has 2 amide bonds. The van der Waals surface area contributed by atoms with Crippen molar-refractivity contribution in [3.05, 3.63) is 0 Å². The molecule has 0 bridgehead atoms. The second-order valence-electron chi connectivity index (χ2n) is 7.41. The molecule has 0 N–H and O–H groups in total. The number of amides is 2. The zero-order valence-corrected chi connectivity index (χ0v) is 14.4. The van der Waals surface area contributed by atoms with Gasteiger partial charge in [-0.3, -0.25) is 9.59 Å². The van der Waals surface area contributed by atoms with Crippen LogP contribution in [0.3, 0.4) is 0 Å². The summed E-state index contributed by atoms with van der Waals surface area (Å²) in [6.07, 6.45) is 2.52. The van der Waals surface area contributed by atoms with Crippen molar-refractivity contribution in [2.75, 3.05) is 39.9 Å². The van der Waals surface area contributed by atoms with Crippen LogP contribution in [0, 0.1) is 17.3 Å². The minimum atomic E-state index is 0.0370. The zero-order valence-electron chi connectivity index (χ0n) is 14.4. The summed E-state index contributed by atoms with van der Waals surface area (Å²) in [4.78, 5) is 28.0. The van der Waals surface area contributed by atoms with E-state index in [9.17, 15) is 9.59 Å². The van der Waals surface area contributed by atoms with Gasteiger partial charge >= 0.3 is 0 Å². The molecule has 0 radical (unpaired) electrons. The minimum absolute atomic E-state index is 0.0370. The molecule has 0 aromatic rings. The lowest BCUT2D eigenvalue weighted by molar-refractivity contribution is -0.136. The van der Waals surface area contributed by atoms with Gasteiger partial charge in [0.2, 0.25) is 11.8 Å². The van der Waals surface area contributed by atoms with Gasteiger partial charge in [0.15, 0.2) is 0 Å². The molecule has 22 heavy (non-hydrogen) atoms. The molecular weight excluding hydrogens is 280 g/mol. The van der Waals surface area contributed by atoms with E-state index in [0.717, 1.165) is 39.0 Å². The van der Waals surface area contributed by atoms with Crippen LogP contribution in [0.5, 0.6) is 0 Å². The maximum Gasteiger partial charge on any atom is 0.222 e. The van der Waals surface area contributed by atoms with Crippen molar-refractivity contribution in [2.45, 2.75) is 40.0 Å². The lowest BCUT2D eigenvalue weighted by Gasteiger charge is -2.43. The fourth-order valence-corrected chi connectivity index (χ4v) is 3.84. The van der Waals surface area contributed by atoms with Gasteiger partial charge in [-0.25, -0.2) is 0 Å². The minimum Gasteiger partial charge on any atom is -0.384 e. The third kappa shape index (κ3) is 3.62. The number of ether oxygens (including phenoxy) is 1. The second kappa shape index (κ2) is 6.99. The molecule has 5 heteroatoms. The first-order valence-corrected chi connectivity index (χ1v) is 8.40. The Balaban J connectivity index is 2.01. The van der Waals surface area contributed by atoms with Crippen molar-refractivity contribution >= 4 is 11.8 Å². The fraction of sp³-hybridized carbons (Fsp3) is 0.882. The largest absolute Gasteiger partial charge is 0.384 e. The maximum absolute atomic E-state index is 12.4. The summed E-state index contributed by atoms with van der Waals surface area (Å²) in [6, 6.07) is 0. The van der Waals surface area contributed by atoms with E-state index in [2.05, 4.69) is 13.8 Å². The topological polar surface area (TPSA) is 49.9 Å². The third-order valence-corrected chi connectivity index (χ3v) is 5.30. The molecule has 2 aliphatic heterocycles. The molecule has 2 saturated heterocycles. The first-order valence-electron chi connectivity index (χ1n) is 8.40. The summed E-state index contributed by atoms with van der Waals surface area (Å²) in [6.45, 7) is 9.69. The molecule has 0 saturated carbocycles. The molecule has 2 fully saturated rings. The van der Waals surface area contributed by atoms with Gasteiger partial charge in [0.1, 0.15) is 0 Å². The average molecular weight is 310 g/mol. The lowest BCUT2D eigenvalue weighted by atomic mass is 9.73. The number of nitrogens with zero attached hydrogens (tertiary/aromatic N) is 2. The Hall–Kier alpha value is -1.10. The quantitative estimate of drug-likeness (QED) is 0.777. The molecule has 2 rings (SSSR count). The molecular formula is C17H30N2O3. The van der Waals surface area contributed by atoms with Gasteiger partial charge in [-0.1, -0.05) is 13.8 Å². The van der Waals surface area contributed by atoms with Crippen LogP contribution in [0.15, 0.2) is 0 Å². The molecule has 0 aromatic heterocycles. The molecule has 2 aliphatic rings. The molecule has 5 nitrogen and oxygen atoms in total. The smallest absolute Gasteiger partial charge is 0.222 e. The van der Waals surface area contributed by atoms with E-state index >= 15 is 0 Å². The number of methoxy groups -OCH3 is 1. The van der Waals surface area contributed by atoms with Crippen molar-refractivity contribution in [3.63, 3.8) is 0 Å². The molecule has 0 aliphatic carbocycles. The number of hydrogen-bond acceptors (Lipinski definition) is 3. The van der Waals surface area contributed by atoms with Crippen molar-refractivity contribution < 1.29 is 14.3 Å². The average Bonchev–Trinajstić information content (AvgIpc) is 2.83. The number of carbonyl (C=O) groups excluding carboxylic acids is 2. The van der Waals surface area contributed by atoms with Gasteiger partial charge in [-0.15, -0.1) is 0 Å². The number of carbonyl (C=O) groups is 2. The van der Waals surface area contributed by atoms with E-state index in [1.165, 1.54) is 0 Å². The Labute approximate surface area is 134 Å². The van der Waals surface area contributed by atoms with Crippen molar-refractivity contribution in [2.24, 2.45) is 17.3 Å². The van der Waals surface area contributed by atoms with Crippen LogP contribution in [0.4, 0.5) is 0 Å². The van der Waals surface area contributed by atoms with Crippen LogP contribution in [0.25, 0.3) is 0 Å². The van der Waals surface area contributed by atoms with Gasteiger partial charge in [-0.05, 0) is 18.8 Å². The predicted molar refractivity (Wildman–Crippen MR) is 85.3 cm³/mol. The first kappa shape index (κ1) is 17.3. The van der Waals surface area contributed by atoms with Gasteiger partial charge in [0, 0.05) is 58.0 Å². The fourth-order valence-electron chi connectivity index (χ4n) is 3.84. The summed E-state index contributed by atoms with van der Waals surface area (Å²) < 4.78 is 5.45. The second-order valence-corrected chi connectivity index (χ2v) is 7.41. The first-order chi connectivity index (χ1) is 10.4. The number of hydrogen-bond donors (Lipinski definition) is 0. The summed E-state index contributed by atoms with van der Waals surface area (Å²) in [5.74, 6) is 1.29. The molecule has 0 unspecified atom stereocenters. The molecule has 2 heterocycles. The van der Waals surface area contributed by atoms with E-state index in [-0.39, 0.29) is 17.2 Å².